The van der Waals surface area contributed by atoms with Crippen LogP contribution >= 0.6 is 22.6 Å². The molecule has 36 heavy (non-hydrogen) atoms. The van der Waals surface area contributed by atoms with E-state index in [2.05, 4.69) is 73.1 Å². The number of amides is 2. The second-order valence-electron chi connectivity index (χ2n) is 10.0. The van der Waals surface area contributed by atoms with E-state index in [0.717, 1.165) is 20.3 Å². The summed E-state index contributed by atoms with van der Waals surface area (Å²) in [5, 5.41) is 14.9. The fraction of sp³-hybridized carbons (Fsp3) is 0.400. The number of aliphatic hydroxyl groups is 1. The van der Waals surface area contributed by atoms with E-state index in [4.69, 9.17) is 0 Å². The fourth-order valence-corrected chi connectivity index (χ4v) is 4.86. The Hall–Kier alpha value is -2.45. The van der Waals surface area contributed by atoms with Crippen molar-refractivity contribution in [1.29, 1.82) is 0 Å². The van der Waals surface area contributed by atoms with Crippen molar-refractivity contribution in [3.63, 3.8) is 0 Å². The summed E-state index contributed by atoms with van der Waals surface area (Å²) in [6, 6.07) is 6.75. The number of hydrogen-bond donors (Lipinski definition) is 3. The van der Waals surface area contributed by atoms with Gasteiger partial charge in [0.25, 0.3) is 0 Å². The molecule has 5 nitrogen and oxygen atoms in total. The number of halogens is 1. The van der Waals surface area contributed by atoms with Crippen molar-refractivity contribution in [2.45, 2.75) is 66.5 Å². The van der Waals surface area contributed by atoms with Crippen LogP contribution in [0.2, 0.25) is 0 Å². The zero-order valence-electron chi connectivity index (χ0n) is 22.0. The van der Waals surface area contributed by atoms with E-state index in [-0.39, 0.29) is 5.41 Å². The third-order valence-electron chi connectivity index (χ3n) is 6.30. The Balaban J connectivity index is 1.90. The van der Waals surface area contributed by atoms with Crippen LogP contribution in [0.1, 0.15) is 59.4 Å². The molecule has 1 aliphatic rings. The van der Waals surface area contributed by atoms with Gasteiger partial charge in [-0.3, -0.25) is 9.59 Å². The summed E-state index contributed by atoms with van der Waals surface area (Å²) in [5.74, 6) is -0.855. The number of nitrogens with one attached hydrogen (secondary N) is 2. The highest BCUT2D eigenvalue weighted by Gasteiger charge is 2.26. The maximum absolute atomic E-state index is 12.4. The van der Waals surface area contributed by atoms with Gasteiger partial charge in [0.1, 0.15) is 6.04 Å². The minimum atomic E-state index is -1.01. The minimum absolute atomic E-state index is 0.214. The molecule has 0 bridgehead atoms. The Labute approximate surface area is 229 Å². The second kappa shape index (κ2) is 14.3. The van der Waals surface area contributed by atoms with Crippen LogP contribution in [0.15, 0.2) is 83.0 Å². The Bertz CT molecular complexity index is 1090. The van der Waals surface area contributed by atoms with Gasteiger partial charge >= 0.3 is 0 Å². The first-order valence-corrected chi connectivity index (χ1v) is 13.4. The van der Waals surface area contributed by atoms with E-state index >= 15 is 0 Å². The summed E-state index contributed by atoms with van der Waals surface area (Å²) >= 11 is 2.21. The van der Waals surface area contributed by atoms with Crippen LogP contribution < -0.4 is 10.6 Å². The largest absolute Gasteiger partial charge is 0.394 e. The number of benzene rings is 1. The van der Waals surface area contributed by atoms with Crippen molar-refractivity contribution in [2.75, 3.05) is 6.61 Å². The highest BCUT2D eigenvalue weighted by Crippen LogP contribution is 2.40. The van der Waals surface area contributed by atoms with Gasteiger partial charge in [-0.2, -0.15) is 0 Å². The van der Waals surface area contributed by atoms with Crippen LogP contribution in [0.4, 0.5) is 0 Å². The zero-order chi connectivity index (χ0) is 26.7. The molecule has 0 heterocycles. The van der Waals surface area contributed by atoms with Gasteiger partial charge in [0.2, 0.25) is 11.8 Å². The molecule has 1 aromatic rings. The van der Waals surface area contributed by atoms with Crippen molar-refractivity contribution in [3.05, 3.63) is 92.1 Å². The third-order valence-corrected chi connectivity index (χ3v) is 6.97. The number of hydrogen-bond acceptors (Lipinski definition) is 3. The van der Waals surface area contributed by atoms with E-state index in [1.807, 2.05) is 49.4 Å². The summed E-state index contributed by atoms with van der Waals surface area (Å²) in [6.07, 6.45) is 15.2. The van der Waals surface area contributed by atoms with Crippen molar-refractivity contribution < 1.29 is 14.7 Å². The van der Waals surface area contributed by atoms with Crippen LogP contribution in [0.3, 0.4) is 0 Å². The molecular weight excluding hydrogens is 563 g/mol. The zero-order valence-corrected chi connectivity index (χ0v) is 24.2. The van der Waals surface area contributed by atoms with Gasteiger partial charge in [0.15, 0.2) is 0 Å². The first-order chi connectivity index (χ1) is 17.0. The quantitative estimate of drug-likeness (QED) is 0.177. The van der Waals surface area contributed by atoms with Gasteiger partial charge < -0.3 is 15.7 Å². The molecule has 194 valence electrons. The van der Waals surface area contributed by atoms with Crippen LogP contribution in [-0.2, 0) is 16.1 Å². The highest BCUT2D eigenvalue weighted by atomic mass is 127. The van der Waals surface area contributed by atoms with Gasteiger partial charge in [-0.15, -0.1) is 0 Å². The molecule has 0 spiro atoms. The molecule has 1 atom stereocenters. The lowest BCUT2D eigenvalue weighted by molar-refractivity contribution is -0.128. The van der Waals surface area contributed by atoms with E-state index in [1.54, 1.807) is 0 Å². The number of carbonyl (C=O) groups is 2. The van der Waals surface area contributed by atoms with Crippen LogP contribution in [0, 0.1) is 8.99 Å². The molecule has 0 saturated heterocycles. The monoisotopic (exact) mass is 602 g/mol. The predicted octanol–water partition coefficient (Wildman–Crippen LogP) is 5.92. The number of aliphatic hydroxyl groups excluding tert-OH is 1. The average molecular weight is 603 g/mol. The second-order valence-corrected chi connectivity index (χ2v) is 11.3. The summed E-state index contributed by atoms with van der Waals surface area (Å²) in [4.78, 5) is 24.8. The van der Waals surface area contributed by atoms with E-state index in [1.165, 1.54) is 36.5 Å². The summed E-state index contributed by atoms with van der Waals surface area (Å²) in [5.41, 5.74) is 5.93. The van der Waals surface area contributed by atoms with E-state index < -0.39 is 24.5 Å². The first-order valence-electron chi connectivity index (χ1n) is 12.4. The van der Waals surface area contributed by atoms with Gasteiger partial charge in [-0.25, -0.2) is 0 Å². The SMILES string of the molecule is CC(C=CC1=C(C)CCCC1(C)C)=CC=CC(C)=CC(=O)N[C@@H](CO)C(=O)NCc1cccc(I)c1. The summed E-state index contributed by atoms with van der Waals surface area (Å²) in [7, 11) is 0. The first kappa shape index (κ1) is 29.8. The molecule has 1 aliphatic carbocycles. The van der Waals surface area contributed by atoms with E-state index in [0.29, 0.717) is 6.54 Å². The lowest BCUT2D eigenvalue weighted by atomic mass is 9.72. The van der Waals surface area contributed by atoms with Crippen molar-refractivity contribution >= 4 is 34.4 Å². The highest BCUT2D eigenvalue weighted by molar-refractivity contribution is 14.1. The molecule has 2 amide bonds. The Morgan fingerprint density at radius 1 is 1.19 bits per heavy atom. The molecule has 0 aliphatic heterocycles. The molecule has 6 heteroatoms. The van der Waals surface area contributed by atoms with Gasteiger partial charge in [-0.1, -0.05) is 67.5 Å². The predicted molar refractivity (Wildman–Crippen MR) is 156 cm³/mol. The van der Waals surface area contributed by atoms with Gasteiger partial charge in [-0.05, 0) is 96.9 Å². The Morgan fingerprint density at radius 3 is 2.61 bits per heavy atom. The van der Waals surface area contributed by atoms with Gasteiger partial charge in [0, 0.05) is 16.2 Å². The standard InChI is InChI=1S/C30H39IN2O3/c1-21(14-15-26-23(3)11-8-16-30(26,4)5)9-6-10-22(2)17-28(35)33-27(20-34)29(36)32-19-24-12-7-13-25(31)18-24/h6-7,9-10,12-15,17-18,27,34H,8,11,16,19-20H2,1-5H3,(H,32,36)(H,33,35)/t27-/m0/s1. The molecule has 0 saturated carbocycles. The Kier molecular flexibility index (Phi) is 11.9. The summed E-state index contributed by atoms with van der Waals surface area (Å²) < 4.78 is 1.07. The number of rotatable bonds is 10. The molecule has 0 unspecified atom stereocenters. The van der Waals surface area contributed by atoms with E-state index in [9.17, 15) is 14.7 Å². The molecule has 3 N–H and O–H groups in total. The van der Waals surface area contributed by atoms with Crippen molar-refractivity contribution in [3.8, 4) is 0 Å². The van der Waals surface area contributed by atoms with Crippen LogP contribution in [0.25, 0.3) is 0 Å². The molecule has 0 aromatic heterocycles. The fourth-order valence-electron chi connectivity index (χ4n) is 4.25. The lowest BCUT2D eigenvalue weighted by Gasteiger charge is -2.32. The third kappa shape index (κ3) is 9.90. The minimum Gasteiger partial charge on any atom is -0.394 e. The topological polar surface area (TPSA) is 78.4 Å². The maximum atomic E-state index is 12.4. The van der Waals surface area contributed by atoms with Crippen molar-refractivity contribution in [2.24, 2.45) is 5.41 Å². The van der Waals surface area contributed by atoms with Crippen LogP contribution in [-0.4, -0.2) is 29.6 Å². The maximum Gasteiger partial charge on any atom is 0.245 e. The lowest BCUT2D eigenvalue weighted by Crippen LogP contribution is -2.48. The Morgan fingerprint density at radius 2 is 1.94 bits per heavy atom. The molecule has 0 fully saturated rings. The molecule has 1 aromatic carbocycles. The molecule has 2 rings (SSSR count). The number of allylic oxidation sites excluding steroid dienone is 9. The van der Waals surface area contributed by atoms with Crippen LogP contribution in [0.5, 0.6) is 0 Å². The van der Waals surface area contributed by atoms with Crippen molar-refractivity contribution in [1.82, 2.24) is 10.6 Å². The molecular formula is C30H39IN2O3. The average Bonchev–Trinajstić information content (AvgIpc) is 2.80. The normalized spacial score (nSPS) is 17.5. The smallest absolute Gasteiger partial charge is 0.245 e. The van der Waals surface area contributed by atoms with Gasteiger partial charge in [0.05, 0.1) is 6.61 Å². The number of carbonyl (C=O) groups excluding carboxylic acids is 2. The molecule has 0 radical (unpaired) electrons. The summed E-state index contributed by atoms with van der Waals surface area (Å²) in [6.45, 7) is 10.6.